The first-order chi connectivity index (χ1) is 11.7. The van der Waals surface area contributed by atoms with E-state index in [2.05, 4.69) is 26.7 Å². The molecule has 0 bridgehead atoms. The van der Waals surface area contributed by atoms with Crippen molar-refractivity contribution in [1.82, 2.24) is 20.0 Å². The zero-order valence-electron chi connectivity index (χ0n) is 13.8. The van der Waals surface area contributed by atoms with Crippen LogP contribution in [0.2, 0.25) is 0 Å². The zero-order valence-corrected chi connectivity index (χ0v) is 14.6. The topological polar surface area (TPSA) is 71.4 Å². The van der Waals surface area contributed by atoms with Gasteiger partial charge in [0, 0.05) is 36.8 Å². The van der Waals surface area contributed by atoms with Crippen LogP contribution in [0.1, 0.15) is 10.4 Å². The minimum atomic E-state index is -0.235. The van der Waals surface area contributed by atoms with E-state index in [0.717, 1.165) is 39.4 Å². The second-order valence-corrected chi connectivity index (χ2v) is 6.75. The number of amides is 2. The highest BCUT2D eigenvalue weighted by atomic mass is 32.1. The van der Waals surface area contributed by atoms with E-state index in [1.807, 2.05) is 29.2 Å². The van der Waals surface area contributed by atoms with Gasteiger partial charge < -0.3 is 10.1 Å². The molecule has 2 aromatic heterocycles. The van der Waals surface area contributed by atoms with Crippen LogP contribution in [-0.2, 0) is 17.8 Å². The quantitative estimate of drug-likeness (QED) is 0.836. The Balaban J connectivity index is 1.41. The van der Waals surface area contributed by atoms with Crippen molar-refractivity contribution in [3.8, 4) is 0 Å². The van der Waals surface area contributed by atoms with Crippen molar-refractivity contribution in [1.29, 1.82) is 0 Å². The lowest BCUT2D eigenvalue weighted by Crippen LogP contribution is -2.38. The highest BCUT2D eigenvalue weighted by molar-refractivity contribution is 7.10. The summed E-state index contributed by atoms with van der Waals surface area (Å²) < 4.78 is 7.19. The minimum Gasteiger partial charge on any atom is -0.379 e. The molecule has 0 radical (unpaired) electrons. The fourth-order valence-corrected chi connectivity index (χ4v) is 3.37. The molecule has 8 heteroatoms. The molecule has 3 heterocycles. The molecule has 1 aliphatic rings. The Bertz CT molecular complexity index is 663. The molecule has 0 unspecified atom stereocenters. The van der Waals surface area contributed by atoms with Crippen molar-refractivity contribution in [3.63, 3.8) is 0 Å². The number of aromatic nitrogens is 2. The fraction of sp³-hybridized carbons (Fsp3) is 0.500. The number of morpholine rings is 1. The van der Waals surface area contributed by atoms with Gasteiger partial charge in [-0.05, 0) is 23.9 Å². The van der Waals surface area contributed by atoms with E-state index in [0.29, 0.717) is 12.4 Å². The van der Waals surface area contributed by atoms with Crippen LogP contribution in [0.5, 0.6) is 0 Å². The maximum Gasteiger partial charge on any atom is 0.320 e. The summed E-state index contributed by atoms with van der Waals surface area (Å²) >= 11 is 1.65. The van der Waals surface area contributed by atoms with E-state index in [1.54, 1.807) is 11.3 Å². The first-order valence-electron chi connectivity index (χ1n) is 8.12. The molecule has 2 N–H and O–H groups in total. The largest absolute Gasteiger partial charge is 0.379 e. The Labute approximate surface area is 145 Å². The van der Waals surface area contributed by atoms with E-state index < -0.39 is 0 Å². The predicted molar refractivity (Wildman–Crippen MR) is 94.4 cm³/mol. The number of ether oxygens (including phenoxy) is 1. The van der Waals surface area contributed by atoms with Crippen LogP contribution >= 0.6 is 11.3 Å². The number of thiophene rings is 1. The molecule has 1 fully saturated rings. The molecule has 0 spiro atoms. The summed E-state index contributed by atoms with van der Waals surface area (Å²) in [6, 6.07) is 3.63. The van der Waals surface area contributed by atoms with Gasteiger partial charge in [-0.25, -0.2) is 4.79 Å². The first-order valence-corrected chi connectivity index (χ1v) is 9.00. The van der Waals surface area contributed by atoms with Gasteiger partial charge in [0.2, 0.25) is 0 Å². The van der Waals surface area contributed by atoms with Crippen molar-refractivity contribution in [2.75, 3.05) is 38.2 Å². The molecule has 1 saturated heterocycles. The van der Waals surface area contributed by atoms with Gasteiger partial charge in [-0.2, -0.15) is 5.10 Å². The molecule has 0 atom stereocenters. The number of nitrogens with zero attached hydrogens (tertiary/aromatic N) is 3. The minimum absolute atomic E-state index is 0.235. The third kappa shape index (κ3) is 4.80. The SMILES string of the molecule is Cc1ccsc1CNC(=O)Nc1ccn(CCN2CCOCC2)n1. The second kappa shape index (κ2) is 8.27. The Morgan fingerprint density at radius 3 is 2.92 bits per heavy atom. The van der Waals surface area contributed by atoms with Crippen molar-refractivity contribution in [3.05, 3.63) is 34.2 Å². The number of carbonyl (C=O) groups is 1. The fourth-order valence-electron chi connectivity index (χ4n) is 2.53. The molecular formula is C16H23N5O2S. The van der Waals surface area contributed by atoms with Crippen LogP contribution in [0.25, 0.3) is 0 Å². The van der Waals surface area contributed by atoms with Crippen LogP contribution in [0.3, 0.4) is 0 Å². The van der Waals surface area contributed by atoms with Gasteiger partial charge in [0.15, 0.2) is 5.82 Å². The van der Waals surface area contributed by atoms with Gasteiger partial charge in [-0.1, -0.05) is 0 Å². The molecule has 2 amide bonds. The Morgan fingerprint density at radius 2 is 2.17 bits per heavy atom. The van der Waals surface area contributed by atoms with Gasteiger partial charge in [-0.15, -0.1) is 11.3 Å². The number of hydrogen-bond donors (Lipinski definition) is 2. The molecule has 0 saturated carbocycles. The summed E-state index contributed by atoms with van der Waals surface area (Å²) in [5.74, 6) is 0.567. The molecule has 130 valence electrons. The van der Waals surface area contributed by atoms with Crippen molar-refractivity contribution in [2.24, 2.45) is 0 Å². The van der Waals surface area contributed by atoms with E-state index in [4.69, 9.17) is 4.74 Å². The summed E-state index contributed by atoms with van der Waals surface area (Å²) in [6.07, 6.45) is 1.89. The summed E-state index contributed by atoms with van der Waals surface area (Å²) in [4.78, 5) is 15.5. The third-order valence-electron chi connectivity index (χ3n) is 4.01. The van der Waals surface area contributed by atoms with Crippen LogP contribution in [-0.4, -0.2) is 53.6 Å². The standard InChI is InChI=1S/C16H23N5O2S/c1-13-3-11-24-14(13)12-17-16(22)18-15-2-4-21(19-15)6-5-20-7-9-23-10-8-20/h2-4,11H,5-10,12H2,1H3,(H2,17,18,19,22). The number of aryl methyl sites for hydroxylation is 1. The maximum absolute atomic E-state index is 11.9. The molecule has 0 aliphatic carbocycles. The number of anilines is 1. The van der Waals surface area contributed by atoms with Gasteiger partial charge in [0.05, 0.1) is 26.3 Å². The van der Waals surface area contributed by atoms with E-state index in [-0.39, 0.29) is 6.03 Å². The molecule has 7 nitrogen and oxygen atoms in total. The van der Waals surface area contributed by atoms with Crippen molar-refractivity contribution in [2.45, 2.75) is 20.0 Å². The van der Waals surface area contributed by atoms with Gasteiger partial charge in [0.25, 0.3) is 0 Å². The van der Waals surface area contributed by atoms with Crippen LogP contribution < -0.4 is 10.6 Å². The number of hydrogen-bond acceptors (Lipinski definition) is 5. The van der Waals surface area contributed by atoms with Crippen LogP contribution in [0.4, 0.5) is 10.6 Å². The second-order valence-electron chi connectivity index (χ2n) is 5.75. The highest BCUT2D eigenvalue weighted by Gasteiger charge is 2.11. The summed E-state index contributed by atoms with van der Waals surface area (Å²) in [5.41, 5.74) is 1.20. The normalized spacial score (nSPS) is 15.4. The zero-order chi connectivity index (χ0) is 16.8. The van der Waals surface area contributed by atoms with Gasteiger partial charge >= 0.3 is 6.03 Å². The lowest BCUT2D eigenvalue weighted by molar-refractivity contribution is 0.0360. The number of urea groups is 1. The highest BCUT2D eigenvalue weighted by Crippen LogP contribution is 2.14. The predicted octanol–water partition coefficient (Wildman–Crippen LogP) is 1.91. The molecule has 2 aromatic rings. The average molecular weight is 349 g/mol. The van der Waals surface area contributed by atoms with Crippen LogP contribution in [0.15, 0.2) is 23.7 Å². The first kappa shape index (κ1) is 16.9. The molecule has 1 aliphatic heterocycles. The summed E-state index contributed by atoms with van der Waals surface area (Å²) in [5, 5.41) is 12.0. The number of nitrogens with one attached hydrogen (secondary N) is 2. The maximum atomic E-state index is 11.9. The van der Waals surface area contributed by atoms with Crippen LogP contribution in [0, 0.1) is 6.92 Å². The summed E-state index contributed by atoms with van der Waals surface area (Å²) in [7, 11) is 0. The summed E-state index contributed by atoms with van der Waals surface area (Å²) in [6.45, 7) is 7.86. The average Bonchev–Trinajstić information content (AvgIpc) is 3.21. The van der Waals surface area contributed by atoms with E-state index >= 15 is 0 Å². The Hall–Kier alpha value is -1.90. The molecule has 24 heavy (non-hydrogen) atoms. The van der Waals surface area contributed by atoms with Gasteiger partial charge in [0.1, 0.15) is 0 Å². The lowest BCUT2D eigenvalue weighted by Gasteiger charge is -2.26. The molecule has 0 aromatic carbocycles. The van der Waals surface area contributed by atoms with Gasteiger partial charge in [-0.3, -0.25) is 14.9 Å². The molecular weight excluding hydrogens is 326 g/mol. The van der Waals surface area contributed by atoms with E-state index in [1.165, 1.54) is 10.4 Å². The lowest BCUT2D eigenvalue weighted by atomic mass is 10.3. The van der Waals surface area contributed by atoms with E-state index in [9.17, 15) is 4.79 Å². The molecule has 3 rings (SSSR count). The number of rotatable bonds is 6. The number of carbonyl (C=O) groups excluding carboxylic acids is 1. The smallest absolute Gasteiger partial charge is 0.320 e. The monoisotopic (exact) mass is 349 g/mol. The Kier molecular flexibility index (Phi) is 5.84. The Morgan fingerprint density at radius 1 is 1.33 bits per heavy atom. The van der Waals surface area contributed by atoms with Crippen molar-refractivity contribution >= 4 is 23.2 Å². The third-order valence-corrected chi connectivity index (χ3v) is 5.03. The van der Waals surface area contributed by atoms with Crippen molar-refractivity contribution < 1.29 is 9.53 Å².